The summed E-state index contributed by atoms with van der Waals surface area (Å²) in [6.45, 7) is 0. The molecule has 0 heterocycles. The van der Waals surface area contributed by atoms with Crippen molar-refractivity contribution in [3.8, 4) is 0 Å². The standard InChI is InChI=1S/C13H12/c1-2-5-11-9-13-7-3-6-12(13)8-10(11)4-1/h1-6H,7-9H2. The molecule has 0 spiro atoms. The van der Waals surface area contributed by atoms with Crippen molar-refractivity contribution in [2.24, 2.45) is 0 Å². The second-order valence-corrected chi connectivity index (χ2v) is 3.86. The molecule has 0 unspecified atom stereocenters. The van der Waals surface area contributed by atoms with Crippen molar-refractivity contribution >= 4 is 0 Å². The third-order valence-corrected chi connectivity index (χ3v) is 3.04. The Balaban J connectivity index is 2.07. The topological polar surface area (TPSA) is 0 Å². The highest BCUT2D eigenvalue weighted by atomic mass is 14.2. The first kappa shape index (κ1) is 7.14. The summed E-state index contributed by atoms with van der Waals surface area (Å²) < 4.78 is 0. The van der Waals surface area contributed by atoms with Crippen LogP contribution in [0.1, 0.15) is 17.5 Å². The zero-order valence-electron chi connectivity index (χ0n) is 7.59. The van der Waals surface area contributed by atoms with E-state index < -0.39 is 0 Å². The van der Waals surface area contributed by atoms with Gasteiger partial charge in [0.1, 0.15) is 0 Å². The zero-order chi connectivity index (χ0) is 8.67. The first-order valence-corrected chi connectivity index (χ1v) is 4.88. The molecule has 0 atom stereocenters. The monoisotopic (exact) mass is 168 g/mol. The lowest BCUT2D eigenvalue weighted by Crippen LogP contribution is -2.04. The predicted octanol–water partition coefficient (Wildman–Crippen LogP) is 3.04. The van der Waals surface area contributed by atoms with Crippen molar-refractivity contribution in [1.82, 2.24) is 0 Å². The minimum Gasteiger partial charge on any atom is -0.0802 e. The Kier molecular flexibility index (Phi) is 1.42. The normalized spacial score (nSPS) is 18.8. The Morgan fingerprint density at radius 2 is 1.69 bits per heavy atom. The van der Waals surface area contributed by atoms with Crippen LogP contribution in [-0.2, 0) is 12.8 Å². The summed E-state index contributed by atoms with van der Waals surface area (Å²) in [5, 5.41) is 0. The van der Waals surface area contributed by atoms with Gasteiger partial charge in [0.25, 0.3) is 0 Å². The van der Waals surface area contributed by atoms with Crippen LogP contribution in [0.4, 0.5) is 0 Å². The molecule has 13 heavy (non-hydrogen) atoms. The number of hydrogen-bond donors (Lipinski definition) is 0. The van der Waals surface area contributed by atoms with Crippen LogP contribution < -0.4 is 0 Å². The van der Waals surface area contributed by atoms with Crippen LogP contribution >= 0.6 is 0 Å². The number of rotatable bonds is 0. The Bertz CT molecular complexity index is 408. The minimum atomic E-state index is 1.15. The van der Waals surface area contributed by atoms with Gasteiger partial charge >= 0.3 is 0 Å². The fraction of sp³-hybridized carbons (Fsp3) is 0.231. The molecule has 0 heteroatoms. The summed E-state index contributed by atoms with van der Waals surface area (Å²) >= 11 is 0. The second-order valence-electron chi connectivity index (χ2n) is 3.86. The highest BCUT2D eigenvalue weighted by Gasteiger charge is 2.17. The summed E-state index contributed by atoms with van der Waals surface area (Å²) in [6.07, 6.45) is 8.10. The lowest BCUT2D eigenvalue weighted by molar-refractivity contribution is 0.966. The van der Waals surface area contributed by atoms with Gasteiger partial charge in [-0.05, 0) is 36.0 Å². The van der Waals surface area contributed by atoms with Gasteiger partial charge in [-0.2, -0.15) is 0 Å². The molecule has 2 aliphatic rings. The Morgan fingerprint density at radius 1 is 0.923 bits per heavy atom. The van der Waals surface area contributed by atoms with Crippen molar-refractivity contribution in [2.75, 3.05) is 0 Å². The SMILES string of the molecule is C1=CC2=C(C1)Cc1ccccc1C2. The second kappa shape index (κ2) is 2.59. The van der Waals surface area contributed by atoms with Crippen LogP contribution in [-0.4, -0.2) is 0 Å². The third-order valence-electron chi connectivity index (χ3n) is 3.04. The van der Waals surface area contributed by atoms with E-state index in [1.165, 1.54) is 24.0 Å². The Hall–Kier alpha value is -1.30. The van der Waals surface area contributed by atoms with Crippen LogP contribution in [0.5, 0.6) is 0 Å². The van der Waals surface area contributed by atoms with Gasteiger partial charge in [-0.15, -0.1) is 0 Å². The number of allylic oxidation sites excluding steroid dienone is 4. The molecule has 3 rings (SSSR count). The highest BCUT2D eigenvalue weighted by molar-refractivity contribution is 5.47. The molecule has 0 saturated heterocycles. The first-order chi connectivity index (χ1) is 6.43. The van der Waals surface area contributed by atoms with E-state index in [-0.39, 0.29) is 0 Å². The van der Waals surface area contributed by atoms with E-state index in [0.717, 1.165) is 6.42 Å². The van der Waals surface area contributed by atoms with E-state index in [0.29, 0.717) is 0 Å². The zero-order valence-corrected chi connectivity index (χ0v) is 7.59. The van der Waals surface area contributed by atoms with Crippen molar-refractivity contribution in [3.63, 3.8) is 0 Å². The maximum absolute atomic E-state index is 2.30. The van der Waals surface area contributed by atoms with Gasteiger partial charge in [-0.1, -0.05) is 42.0 Å². The Morgan fingerprint density at radius 3 is 2.54 bits per heavy atom. The largest absolute Gasteiger partial charge is 0.0802 e. The summed E-state index contributed by atoms with van der Waals surface area (Å²) in [5.74, 6) is 0. The van der Waals surface area contributed by atoms with E-state index in [4.69, 9.17) is 0 Å². The third kappa shape index (κ3) is 1.06. The molecule has 2 aliphatic carbocycles. The number of hydrogen-bond acceptors (Lipinski definition) is 0. The van der Waals surface area contributed by atoms with Gasteiger partial charge in [-0.25, -0.2) is 0 Å². The van der Waals surface area contributed by atoms with Crippen molar-refractivity contribution in [2.45, 2.75) is 19.3 Å². The fourth-order valence-corrected chi connectivity index (χ4v) is 2.30. The molecule has 0 aromatic heterocycles. The van der Waals surface area contributed by atoms with E-state index in [2.05, 4.69) is 36.4 Å². The van der Waals surface area contributed by atoms with Crippen molar-refractivity contribution in [1.29, 1.82) is 0 Å². The lowest BCUT2D eigenvalue weighted by atomic mass is 9.87. The molecular formula is C13H12. The highest BCUT2D eigenvalue weighted by Crippen LogP contribution is 2.31. The summed E-state index contributed by atoms with van der Waals surface area (Å²) in [5.41, 5.74) is 6.26. The average Bonchev–Trinajstić information content (AvgIpc) is 2.61. The molecule has 0 radical (unpaired) electrons. The molecule has 0 amide bonds. The molecular weight excluding hydrogens is 156 g/mol. The van der Waals surface area contributed by atoms with E-state index in [1.54, 1.807) is 11.1 Å². The van der Waals surface area contributed by atoms with Gasteiger partial charge in [-0.3, -0.25) is 0 Å². The minimum absolute atomic E-state index is 1.15. The van der Waals surface area contributed by atoms with Crippen LogP contribution in [0.2, 0.25) is 0 Å². The molecule has 0 aliphatic heterocycles. The fourth-order valence-electron chi connectivity index (χ4n) is 2.30. The molecule has 0 N–H and O–H groups in total. The van der Waals surface area contributed by atoms with Gasteiger partial charge < -0.3 is 0 Å². The summed E-state index contributed by atoms with van der Waals surface area (Å²) in [4.78, 5) is 0. The number of benzene rings is 1. The number of fused-ring (bicyclic) bond motifs is 1. The smallest absolute Gasteiger partial charge is 0.00233 e. The molecule has 0 nitrogen and oxygen atoms in total. The molecule has 1 aromatic rings. The quantitative estimate of drug-likeness (QED) is 0.558. The lowest BCUT2D eigenvalue weighted by Gasteiger charge is -2.17. The Labute approximate surface area is 78.6 Å². The molecule has 64 valence electrons. The average molecular weight is 168 g/mol. The van der Waals surface area contributed by atoms with Gasteiger partial charge in [0.15, 0.2) is 0 Å². The van der Waals surface area contributed by atoms with Crippen molar-refractivity contribution in [3.05, 3.63) is 58.7 Å². The van der Waals surface area contributed by atoms with Gasteiger partial charge in [0.05, 0.1) is 0 Å². The molecule has 0 fully saturated rings. The maximum Gasteiger partial charge on any atom is -0.00233 e. The first-order valence-electron chi connectivity index (χ1n) is 4.88. The van der Waals surface area contributed by atoms with Crippen molar-refractivity contribution < 1.29 is 0 Å². The van der Waals surface area contributed by atoms with E-state index in [9.17, 15) is 0 Å². The molecule has 0 bridgehead atoms. The predicted molar refractivity (Wildman–Crippen MR) is 54.6 cm³/mol. The van der Waals surface area contributed by atoms with Crippen LogP contribution in [0, 0.1) is 0 Å². The van der Waals surface area contributed by atoms with E-state index in [1.807, 2.05) is 0 Å². The van der Waals surface area contributed by atoms with Crippen LogP contribution in [0.25, 0.3) is 0 Å². The van der Waals surface area contributed by atoms with E-state index >= 15 is 0 Å². The summed E-state index contributed by atoms with van der Waals surface area (Å²) in [6, 6.07) is 8.80. The molecule has 1 aromatic carbocycles. The van der Waals surface area contributed by atoms with Crippen LogP contribution in [0.15, 0.2) is 47.6 Å². The van der Waals surface area contributed by atoms with Crippen LogP contribution in [0.3, 0.4) is 0 Å². The van der Waals surface area contributed by atoms with Gasteiger partial charge in [0.2, 0.25) is 0 Å². The van der Waals surface area contributed by atoms with Gasteiger partial charge in [0, 0.05) is 0 Å². The summed E-state index contributed by atoms with van der Waals surface area (Å²) in [7, 11) is 0. The maximum atomic E-state index is 2.30. The molecule has 0 saturated carbocycles.